The molecule has 0 radical (unpaired) electrons. The first kappa shape index (κ1) is 15.8. The van der Waals surface area contributed by atoms with Gasteiger partial charge >= 0.3 is 11.7 Å². The average molecular weight is 316 g/mol. The van der Waals surface area contributed by atoms with Crippen molar-refractivity contribution in [2.75, 3.05) is 13.7 Å². The Morgan fingerprint density at radius 1 is 1.67 bits per heavy atom. The van der Waals surface area contributed by atoms with Crippen LogP contribution in [0.3, 0.4) is 0 Å². The quantitative estimate of drug-likeness (QED) is 0.495. The monoisotopic (exact) mass is 316 g/mol. The number of nitrogens with one attached hydrogen (secondary N) is 1. The third-order valence-electron chi connectivity index (χ3n) is 3.30. The van der Waals surface area contributed by atoms with Crippen LogP contribution in [0, 0.1) is 4.64 Å². The van der Waals surface area contributed by atoms with E-state index in [1.165, 1.54) is 17.9 Å². The molecule has 1 aliphatic heterocycles. The molecule has 1 aliphatic rings. The van der Waals surface area contributed by atoms with E-state index in [1.54, 1.807) is 0 Å². The van der Waals surface area contributed by atoms with Gasteiger partial charge in [-0.3, -0.25) is 14.3 Å². The van der Waals surface area contributed by atoms with Gasteiger partial charge in [0.1, 0.15) is 17.0 Å². The van der Waals surface area contributed by atoms with E-state index in [9.17, 15) is 14.7 Å². The zero-order chi connectivity index (χ0) is 15.6. The van der Waals surface area contributed by atoms with Crippen LogP contribution in [0.25, 0.3) is 0 Å². The van der Waals surface area contributed by atoms with E-state index in [-0.39, 0.29) is 24.1 Å². The molecule has 3 N–H and O–H groups in total. The Balaban J connectivity index is 2.32. The van der Waals surface area contributed by atoms with Crippen molar-refractivity contribution >= 4 is 18.2 Å². The third-order valence-corrected chi connectivity index (χ3v) is 3.66. The first-order valence-corrected chi connectivity index (χ1v) is 6.72. The highest BCUT2D eigenvalue weighted by atomic mass is 32.1. The second kappa shape index (κ2) is 6.48. The lowest BCUT2D eigenvalue weighted by Gasteiger charge is -2.15. The minimum absolute atomic E-state index is 0.0786. The first-order valence-electron chi connectivity index (χ1n) is 6.31. The van der Waals surface area contributed by atoms with Gasteiger partial charge in [0.25, 0.3) is 0 Å². The van der Waals surface area contributed by atoms with Crippen LogP contribution in [-0.4, -0.2) is 51.7 Å². The van der Waals surface area contributed by atoms with Gasteiger partial charge in [-0.1, -0.05) is 12.2 Å². The van der Waals surface area contributed by atoms with E-state index in [2.05, 4.69) is 9.72 Å². The molecule has 0 unspecified atom stereocenters. The Bertz CT molecular complexity index is 639. The average Bonchev–Trinajstić information content (AvgIpc) is 2.82. The lowest BCUT2D eigenvalue weighted by atomic mass is 10.2. The molecule has 0 aliphatic carbocycles. The Kier molecular flexibility index (Phi) is 4.88. The molecule has 116 valence electrons. The number of rotatable bonds is 4. The maximum atomic E-state index is 11.9. The molecule has 2 rings (SSSR count). The molecule has 21 heavy (non-hydrogen) atoms. The van der Waals surface area contributed by atoms with E-state index >= 15 is 0 Å². The lowest BCUT2D eigenvalue weighted by molar-refractivity contribution is -0.139. The van der Waals surface area contributed by atoms with Gasteiger partial charge in [0.15, 0.2) is 0 Å². The molecule has 2 heterocycles. The molecule has 9 heteroatoms. The maximum absolute atomic E-state index is 11.9. The number of esters is 1. The van der Waals surface area contributed by atoms with Crippen molar-refractivity contribution in [1.82, 2.24) is 9.55 Å². The molecule has 1 aromatic heterocycles. The minimum Gasteiger partial charge on any atom is -0.469 e. The predicted molar refractivity (Wildman–Crippen MR) is 73.2 cm³/mol. The number of aromatic amines is 1. The molecule has 0 aromatic carbocycles. The standard InChI is InChI=1S/C12H16N2O6S/c1-19-10(17)2-6-4-14(12(18)13-11(6)21)9-3-7(16)8(5-15)20-9/h4,7-9,15-16H,2-3,5H2,1H3,(H,13,18,21)/t7-,8+,9+/m1/s1. The molecule has 0 saturated carbocycles. The van der Waals surface area contributed by atoms with Gasteiger partial charge in [0.05, 0.1) is 26.2 Å². The van der Waals surface area contributed by atoms with Gasteiger partial charge in [-0.15, -0.1) is 0 Å². The molecule has 8 nitrogen and oxygen atoms in total. The number of hydrogen-bond acceptors (Lipinski definition) is 7. The van der Waals surface area contributed by atoms with Crippen molar-refractivity contribution in [2.45, 2.75) is 31.3 Å². The van der Waals surface area contributed by atoms with Crippen molar-refractivity contribution in [3.63, 3.8) is 0 Å². The summed E-state index contributed by atoms with van der Waals surface area (Å²) in [6, 6.07) is 0. The Morgan fingerprint density at radius 3 is 2.95 bits per heavy atom. The van der Waals surface area contributed by atoms with Crippen LogP contribution in [0.5, 0.6) is 0 Å². The number of ether oxygens (including phenoxy) is 2. The Labute approximate surface area is 124 Å². The highest BCUT2D eigenvalue weighted by Crippen LogP contribution is 2.27. The van der Waals surface area contributed by atoms with E-state index in [0.29, 0.717) is 5.56 Å². The summed E-state index contributed by atoms with van der Waals surface area (Å²) in [6.07, 6.45) is -0.839. The second-order valence-corrected chi connectivity index (χ2v) is 5.10. The SMILES string of the molecule is COC(=O)Cc1cn([C@@H]2C[C@@H](O)[C@H](CO)O2)c(=O)[nH]c1=S. The van der Waals surface area contributed by atoms with Crippen LogP contribution in [0.15, 0.2) is 11.0 Å². The maximum Gasteiger partial charge on any atom is 0.328 e. The number of aromatic nitrogens is 2. The molecule has 1 aromatic rings. The number of carbonyl (C=O) groups is 1. The number of aliphatic hydroxyl groups is 2. The summed E-state index contributed by atoms with van der Waals surface area (Å²) in [6.45, 7) is -0.343. The number of hydrogen-bond donors (Lipinski definition) is 3. The van der Waals surface area contributed by atoms with Crippen molar-refractivity contribution in [1.29, 1.82) is 0 Å². The largest absolute Gasteiger partial charge is 0.469 e. The molecule has 0 spiro atoms. The number of H-pyrrole nitrogens is 1. The van der Waals surface area contributed by atoms with Crippen LogP contribution in [-0.2, 0) is 20.7 Å². The van der Waals surface area contributed by atoms with Gasteiger partial charge in [0, 0.05) is 18.2 Å². The van der Waals surface area contributed by atoms with E-state index < -0.39 is 30.1 Å². The summed E-state index contributed by atoms with van der Waals surface area (Å²) in [5.41, 5.74) is -0.0913. The normalized spacial score (nSPS) is 25.0. The molecule has 0 bridgehead atoms. The summed E-state index contributed by atoms with van der Waals surface area (Å²) in [5, 5.41) is 18.8. The van der Waals surface area contributed by atoms with E-state index in [0.717, 1.165) is 0 Å². The van der Waals surface area contributed by atoms with Crippen LogP contribution >= 0.6 is 12.2 Å². The fraction of sp³-hybridized carbons (Fsp3) is 0.583. The molecule has 0 amide bonds. The smallest absolute Gasteiger partial charge is 0.328 e. The Morgan fingerprint density at radius 2 is 2.38 bits per heavy atom. The number of carbonyl (C=O) groups excluding carboxylic acids is 1. The number of methoxy groups -OCH3 is 1. The van der Waals surface area contributed by atoms with Crippen molar-refractivity contribution in [3.05, 3.63) is 26.9 Å². The fourth-order valence-electron chi connectivity index (χ4n) is 2.14. The van der Waals surface area contributed by atoms with Gasteiger partial charge < -0.3 is 19.7 Å². The summed E-state index contributed by atoms with van der Waals surface area (Å²) in [7, 11) is 1.26. The third kappa shape index (κ3) is 3.38. The first-order chi connectivity index (χ1) is 9.96. The highest BCUT2D eigenvalue weighted by Gasteiger charge is 2.35. The fourth-order valence-corrected chi connectivity index (χ4v) is 2.36. The predicted octanol–water partition coefficient (Wildman–Crippen LogP) is -0.738. The van der Waals surface area contributed by atoms with Crippen LogP contribution in [0.2, 0.25) is 0 Å². The highest BCUT2D eigenvalue weighted by molar-refractivity contribution is 7.71. The lowest BCUT2D eigenvalue weighted by Crippen LogP contribution is -2.28. The van der Waals surface area contributed by atoms with Crippen LogP contribution in [0.4, 0.5) is 0 Å². The molecular formula is C12H16N2O6S. The van der Waals surface area contributed by atoms with E-state index in [4.69, 9.17) is 22.1 Å². The van der Waals surface area contributed by atoms with Crippen LogP contribution < -0.4 is 5.69 Å². The molecule has 1 saturated heterocycles. The van der Waals surface area contributed by atoms with Crippen molar-refractivity contribution in [2.24, 2.45) is 0 Å². The van der Waals surface area contributed by atoms with Crippen molar-refractivity contribution in [3.8, 4) is 0 Å². The van der Waals surface area contributed by atoms with Crippen molar-refractivity contribution < 1.29 is 24.5 Å². The zero-order valence-electron chi connectivity index (χ0n) is 11.3. The van der Waals surface area contributed by atoms with Crippen LogP contribution in [0.1, 0.15) is 18.2 Å². The minimum atomic E-state index is -0.862. The summed E-state index contributed by atoms with van der Waals surface area (Å²) in [5.74, 6) is -0.486. The molecular weight excluding hydrogens is 300 g/mol. The van der Waals surface area contributed by atoms with E-state index in [1.807, 2.05) is 0 Å². The van der Waals surface area contributed by atoms with Gasteiger partial charge in [-0.2, -0.15) is 0 Å². The molecule has 1 fully saturated rings. The number of nitrogens with zero attached hydrogens (tertiary/aromatic N) is 1. The van der Waals surface area contributed by atoms with Gasteiger partial charge in [0.2, 0.25) is 0 Å². The summed E-state index contributed by atoms with van der Waals surface area (Å²) < 4.78 is 11.3. The Hall–Kier alpha value is -1.55. The topological polar surface area (TPSA) is 114 Å². The van der Waals surface area contributed by atoms with Gasteiger partial charge in [-0.05, 0) is 0 Å². The second-order valence-electron chi connectivity index (χ2n) is 4.69. The number of aliphatic hydroxyl groups excluding tert-OH is 2. The molecule has 3 atom stereocenters. The zero-order valence-corrected chi connectivity index (χ0v) is 12.1. The summed E-state index contributed by atoms with van der Waals surface area (Å²) in [4.78, 5) is 25.7. The summed E-state index contributed by atoms with van der Waals surface area (Å²) >= 11 is 5.00. The van der Waals surface area contributed by atoms with Gasteiger partial charge in [-0.25, -0.2) is 4.79 Å².